The van der Waals surface area contributed by atoms with E-state index in [2.05, 4.69) is 15.9 Å². The Balaban J connectivity index is 3.24. The number of hydrogen-bond donors (Lipinski definition) is 0. The molecule has 0 aromatic heterocycles. The molecule has 0 fully saturated rings. The molecule has 1 rings (SSSR count). The second kappa shape index (κ2) is 7.32. The molecule has 0 saturated carbocycles. The summed E-state index contributed by atoms with van der Waals surface area (Å²) in [6, 6.07) is 8.88. The fourth-order valence-electron chi connectivity index (χ4n) is 1.41. The van der Waals surface area contributed by atoms with E-state index in [0.717, 1.165) is 4.47 Å². The second-order valence-electron chi connectivity index (χ2n) is 4.00. The van der Waals surface area contributed by atoms with E-state index < -0.39 is 5.91 Å². The summed E-state index contributed by atoms with van der Waals surface area (Å²) in [6.45, 7) is -0.105. The Hall–Kier alpha value is -2.31. The van der Waals surface area contributed by atoms with Crippen molar-refractivity contribution in [2.24, 2.45) is 0 Å². The van der Waals surface area contributed by atoms with Crippen molar-refractivity contribution in [3.8, 4) is 17.9 Å². The summed E-state index contributed by atoms with van der Waals surface area (Å²) in [5, 5.41) is 17.6. The first-order valence-electron chi connectivity index (χ1n) is 5.62. The third-order valence-electron chi connectivity index (χ3n) is 2.32. The molecule has 5 nitrogen and oxygen atoms in total. The Kier molecular flexibility index (Phi) is 5.76. The van der Waals surface area contributed by atoms with Gasteiger partial charge in [-0.05, 0) is 24.3 Å². The van der Waals surface area contributed by atoms with E-state index in [1.165, 1.54) is 11.0 Å². The molecule has 0 bridgehead atoms. The molecule has 1 amide bonds. The van der Waals surface area contributed by atoms with E-state index in [1.807, 2.05) is 12.1 Å². The number of rotatable bonds is 4. The van der Waals surface area contributed by atoms with Crippen LogP contribution < -0.4 is 4.74 Å². The smallest absolute Gasteiger partial charge is 0.264 e. The second-order valence-corrected chi connectivity index (χ2v) is 4.91. The van der Waals surface area contributed by atoms with Crippen LogP contribution in [-0.4, -0.2) is 31.5 Å². The average molecular weight is 334 g/mol. The van der Waals surface area contributed by atoms with Crippen molar-refractivity contribution >= 4 is 27.9 Å². The first-order valence-corrected chi connectivity index (χ1v) is 6.41. The van der Waals surface area contributed by atoms with Gasteiger partial charge < -0.3 is 9.64 Å². The Bertz CT molecular complexity index is 624. The van der Waals surface area contributed by atoms with Gasteiger partial charge in [0.15, 0.2) is 6.61 Å². The number of ether oxygens (including phenoxy) is 1. The van der Waals surface area contributed by atoms with E-state index >= 15 is 0 Å². The Labute approximate surface area is 125 Å². The van der Waals surface area contributed by atoms with Crippen molar-refractivity contribution in [3.63, 3.8) is 0 Å². The van der Waals surface area contributed by atoms with E-state index in [1.54, 1.807) is 32.3 Å². The van der Waals surface area contributed by atoms with Gasteiger partial charge >= 0.3 is 0 Å². The molecule has 0 unspecified atom stereocenters. The minimum absolute atomic E-state index is 0.00472. The fraction of sp³-hybridized carbons (Fsp3) is 0.214. The van der Waals surface area contributed by atoms with Crippen LogP contribution >= 0.6 is 15.9 Å². The zero-order chi connectivity index (χ0) is 15.1. The number of carbonyl (C=O) groups is 1. The van der Waals surface area contributed by atoms with E-state index in [9.17, 15) is 4.79 Å². The van der Waals surface area contributed by atoms with Gasteiger partial charge in [0.2, 0.25) is 0 Å². The number of likely N-dealkylation sites (N-methyl/N-ethyl adjacent to an activating group) is 1. The van der Waals surface area contributed by atoms with Crippen LogP contribution in [0.25, 0.3) is 6.08 Å². The van der Waals surface area contributed by atoms with Crippen LogP contribution in [0.15, 0.2) is 28.2 Å². The lowest BCUT2D eigenvalue weighted by Crippen LogP contribution is -2.22. The lowest BCUT2D eigenvalue weighted by atomic mass is 10.1. The molecule has 0 aliphatic heterocycles. The van der Waals surface area contributed by atoms with E-state index in [0.29, 0.717) is 11.3 Å². The largest absolute Gasteiger partial charge is 0.478 e. The predicted molar refractivity (Wildman–Crippen MR) is 77.5 cm³/mol. The monoisotopic (exact) mass is 333 g/mol. The zero-order valence-electron chi connectivity index (χ0n) is 11.1. The van der Waals surface area contributed by atoms with Gasteiger partial charge in [0.05, 0.1) is 0 Å². The highest BCUT2D eigenvalue weighted by Crippen LogP contribution is 2.25. The maximum Gasteiger partial charge on any atom is 0.264 e. The molecule has 0 saturated heterocycles. The Morgan fingerprint density at radius 1 is 1.45 bits per heavy atom. The molecule has 0 aliphatic rings. The number of benzene rings is 1. The molecule has 0 aliphatic carbocycles. The van der Waals surface area contributed by atoms with Crippen LogP contribution in [0.4, 0.5) is 0 Å². The van der Waals surface area contributed by atoms with Crippen LogP contribution in [0.1, 0.15) is 5.56 Å². The molecule has 0 atom stereocenters. The summed E-state index contributed by atoms with van der Waals surface area (Å²) in [6.07, 6.45) is 1.44. The number of amides is 1. The van der Waals surface area contributed by atoms with Crippen molar-refractivity contribution in [3.05, 3.63) is 33.8 Å². The summed E-state index contributed by atoms with van der Waals surface area (Å²) in [5.74, 6) is 0.0489. The summed E-state index contributed by atoms with van der Waals surface area (Å²) in [5.41, 5.74) is 0.552. The molecule has 0 spiro atoms. The van der Waals surface area contributed by atoms with Crippen LogP contribution in [0.5, 0.6) is 5.75 Å². The van der Waals surface area contributed by atoms with Gasteiger partial charge in [0, 0.05) is 24.1 Å². The predicted octanol–water partition coefficient (Wildman–Crippen LogP) is 2.35. The van der Waals surface area contributed by atoms with Gasteiger partial charge in [-0.15, -0.1) is 0 Å². The average Bonchev–Trinajstić information content (AvgIpc) is 2.42. The van der Waals surface area contributed by atoms with Crippen LogP contribution in [0, 0.1) is 22.7 Å². The van der Waals surface area contributed by atoms with Crippen molar-refractivity contribution in [2.75, 3.05) is 20.7 Å². The fourth-order valence-corrected chi connectivity index (χ4v) is 1.79. The molecule has 1 aromatic rings. The van der Waals surface area contributed by atoms with Crippen molar-refractivity contribution in [2.45, 2.75) is 0 Å². The topological polar surface area (TPSA) is 77.1 Å². The lowest BCUT2D eigenvalue weighted by Gasteiger charge is -2.10. The Morgan fingerprint density at radius 2 is 2.15 bits per heavy atom. The summed E-state index contributed by atoms with van der Waals surface area (Å²) >= 11 is 3.31. The first-order chi connectivity index (χ1) is 9.49. The summed E-state index contributed by atoms with van der Waals surface area (Å²) in [7, 11) is 3.14. The molecule has 0 heterocycles. The van der Waals surface area contributed by atoms with Crippen LogP contribution in [-0.2, 0) is 4.79 Å². The van der Waals surface area contributed by atoms with Crippen LogP contribution in [0.2, 0.25) is 0 Å². The van der Waals surface area contributed by atoms with Gasteiger partial charge in [0.25, 0.3) is 5.91 Å². The third-order valence-corrected chi connectivity index (χ3v) is 2.81. The molecule has 0 radical (unpaired) electrons. The SMILES string of the molecule is CN(C)C(=O)/C(C#N)=C\c1cc(Br)ccc1OCC#N. The highest BCUT2D eigenvalue weighted by Gasteiger charge is 2.13. The molecule has 0 N–H and O–H groups in total. The molecule has 20 heavy (non-hydrogen) atoms. The highest BCUT2D eigenvalue weighted by atomic mass is 79.9. The zero-order valence-corrected chi connectivity index (χ0v) is 12.6. The minimum Gasteiger partial charge on any atom is -0.478 e. The van der Waals surface area contributed by atoms with E-state index in [4.69, 9.17) is 15.3 Å². The van der Waals surface area contributed by atoms with Gasteiger partial charge in [-0.3, -0.25) is 4.79 Å². The maximum atomic E-state index is 11.8. The molecule has 102 valence electrons. The van der Waals surface area contributed by atoms with Gasteiger partial charge in [0.1, 0.15) is 23.5 Å². The van der Waals surface area contributed by atoms with Gasteiger partial charge in [-0.2, -0.15) is 10.5 Å². The number of nitrogens with zero attached hydrogens (tertiary/aromatic N) is 3. The highest BCUT2D eigenvalue weighted by molar-refractivity contribution is 9.10. The van der Waals surface area contributed by atoms with Crippen LogP contribution in [0.3, 0.4) is 0 Å². The molecular weight excluding hydrogens is 322 g/mol. The summed E-state index contributed by atoms with van der Waals surface area (Å²) in [4.78, 5) is 13.1. The quantitative estimate of drug-likeness (QED) is 0.625. The third kappa shape index (κ3) is 4.11. The molecule has 6 heteroatoms. The van der Waals surface area contributed by atoms with Gasteiger partial charge in [-0.1, -0.05) is 15.9 Å². The Morgan fingerprint density at radius 3 is 2.70 bits per heavy atom. The normalized spacial score (nSPS) is 10.3. The van der Waals surface area contributed by atoms with Crippen molar-refractivity contribution in [1.29, 1.82) is 10.5 Å². The first kappa shape index (κ1) is 15.7. The number of hydrogen-bond acceptors (Lipinski definition) is 4. The number of halogens is 1. The van der Waals surface area contributed by atoms with Gasteiger partial charge in [-0.25, -0.2) is 0 Å². The summed E-state index contributed by atoms with van der Waals surface area (Å²) < 4.78 is 6.05. The lowest BCUT2D eigenvalue weighted by molar-refractivity contribution is -0.124. The number of carbonyl (C=O) groups excluding carboxylic acids is 1. The van der Waals surface area contributed by atoms with E-state index in [-0.39, 0.29) is 12.2 Å². The molecule has 1 aromatic carbocycles. The number of nitriles is 2. The van der Waals surface area contributed by atoms with Crippen molar-refractivity contribution in [1.82, 2.24) is 4.90 Å². The molecular formula is C14H12BrN3O2. The standard InChI is InChI=1S/C14H12BrN3O2/c1-18(2)14(19)11(9-17)7-10-8-12(15)3-4-13(10)20-6-5-16/h3-4,7-8H,6H2,1-2H3/b11-7-. The maximum absolute atomic E-state index is 11.8. The minimum atomic E-state index is -0.390. The van der Waals surface area contributed by atoms with Crippen molar-refractivity contribution < 1.29 is 9.53 Å².